The Kier molecular flexibility index (Phi) is 4.38. The first-order valence-electron chi connectivity index (χ1n) is 5.58. The van der Waals surface area contributed by atoms with E-state index in [1.54, 1.807) is 13.2 Å². The molecule has 0 atom stereocenters. The van der Waals surface area contributed by atoms with Crippen LogP contribution in [0, 0.1) is 0 Å². The van der Waals surface area contributed by atoms with Crippen LogP contribution in [0.5, 0.6) is 5.75 Å². The Morgan fingerprint density at radius 3 is 2.84 bits per heavy atom. The van der Waals surface area contributed by atoms with Crippen LogP contribution in [0.15, 0.2) is 30.6 Å². The summed E-state index contributed by atoms with van der Waals surface area (Å²) in [5.74, 6) is 7.19. The molecule has 7 heteroatoms. The summed E-state index contributed by atoms with van der Waals surface area (Å²) in [6.07, 6.45) is 1.42. The molecule has 0 amide bonds. The number of hydrazine groups is 1. The topological polar surface area (TPSA) is 85.1 Å². The van der Waals surface area contributed by atoms with Gasteiger partial charge in [-0.1, -0.05) is 17.7 Å². The third kappa shape index (κ3) is 3.24. The predicted octanol–water partition coefficient (Wildman–Crippen LogP) is 2.04. The van der Waals surface area contributed by atoms with Crippen LogP contribution >= 0.6 is 11.6 Å². The summed E-state index contributed by atoms with van der Waals surface area (Å²) < 4.78 is 5.27. The van der Waals surface area contributed by atoms with E-state index in [0.29, 0.717) is 23.2 Å². The fourth-order valence-electron chi connectivity index (χ4n) is 1.61. The lowest BCUT2D eigenvalue weighted by Gasteiger charge is -2.12. The molecule has 0 radical (unpaired) electrons. The Labute approximate surface area is 115 Å². The van der Waals surface area contributed by atoms with Gasteiger partial charge in [0.2, 0.25) is 0 Å². The molecule has 0 aliphatic rings. The van der Waals surface area contributed by atoms with Gasteiger partial charge in [-0.15, -0.1) is 0 Å². The van der Waals surface area contributed by atoms with E-state index in [0.717, 1.165) is 11.3 Å². The molecule has 0 aliphatic heterocycles. The van der Waals surface area contributed by atoms with Crippen molar-refractivity contribution in [2.75, 3.05) is 17.9 Å². The number of nitrogens with two attached hydrogens (primary N) is 1. The molecular weight excluding hydrogens is 266 g/mol. The smallest absolute Gasteiger partial charge is 0.145 e. The summed E-state index contributed by atoms with van der Waals surface area (Å²) in [5, 5.41) is 3.78. The van der Waals surface area contributed by atoms with Crippen molar-refractivity contribution < 1.29 is 4.74 Å². The highest BCUT2D eigenvalue weighted by molar-refractivity contribution is 6.31. The molecule has 0 bridgehead atoms. The summed E-state index contributed by atoms with van der Waals surface area (Å²) in [6, 6.07) is 7.21. The number of hydrogen-bond donors (Lipinski definition) is 3. The van der Waals surface area contributed by atoms with Gasteiger partial charge in [0.05, 0.1) is 7.11 Å². The van der Waals surface area contributed by atoms with E-state index in [9.17, 15) is 0 Å². The Morgan fingerprint density at radius 2 is 2.11 bits per heavy atom. The van der Waals surface area contributed by atoms with Crippen molar-refractivity contribution in [2.24, 2.45) is 5.84 Å². The Balaban J connectivity index is 2.14. The van der Waals surface area contributed by atoms with Crippen LogP contribution in [0.1, 0.15) is 5.56 Å². The zero-order valence-electron chi connectivity index (χ0n) is 10.4. The van der Waals surface area contributed by atoms with Crippen LogP contribution in [0.3, 0.4) is 0 Å². The zero-order valence-corrected chi connectivity index (χ0v) is 11.1. The molecule has 0 saturated heterocycles. The van der Waals surface area contributed by atoms with Gasteiger partial charge in [0.1, 0.15) is 23.7 Å². The number of nitrogens with one attached hydrogen (secondary N) is 2. The van der Waals surface area contributed by atoms with Gasteiger partial charge in [-0.05, 0) is 12.1 Å². The van der Waals surface area contributed by atoms with Gasteiger partial charge in [-0.2, -0.15) is 0 Å². The van der Waals surface area contributed by atoms with Gasteiger partial charge in [0, 0.05) is 23.2 Å². The lowest BCUT2D eigenvalue weighted by molar-refractivity contribution is 0.410. The molecule has 4 N–H and O–H groups in total. The summed E-state index contributed by atoms with van der Waals surface area (Å²) >= 11 is 6.15. The molecule has 1 heterocycles. The van der Waals surface area contributed by atoms with E-state index in [4.69, 9.17) is 22.2 Å². The van der Waals surface area contributed by atoms with Crippen molar-refractivity contribution in [3.05, 3.63) is 41.2 Å². The minimum atomic E-state index is 0.490. The first kappa shape index (κ1) is 13.4. The van der Waals surface area contributed by atoms with E-state index in [1.165, 1.54) is 6.33 Å². The third-order valence-corrected chi connectivity index (χ3v) is 2.91. The number of aromatic nitrogens is 2. The molecule has 0 saturated carbocycles. The molecule has 19 heavy (non-hydrogen) atoms. The molecule has 1 aromatic carbocycles. The number of hydrogen-bond acceptors (Lipinski definition) is 6. The second kappa shape index (κ2) is 6.21. The number of ether oxygens (including phenoxy) is 1. The molecule has 0 spiro atoms. The van der Waals surface area contributed by atoms with Crippen LogP contribution in [0.25, 0.3) is 0 Å². The SMILES string of the molecule is COc1cccc(Cl)c1CNc1cc(NN)ncn1. The van der Waals surface area contributed by atoms with E-state index >= 15 is 0 Å². The minimum absolute atomic E-state index is 0.490. The van der Waals surface area contributed by atoms with Crippen molar-refractivity contribution in [2.45, 2.75) is 6.54 Å². The Bertz CT molecular complexity index is 564. The van der Waals surface area contributed by atoms with Crippen LogP contribution in [0.4, 0.5) is 11.6 Å². The number of benzene rings is 1. The maximum absolute atomic E-state index is 6.15. The average molecular weight is 280 g/mol. The lowest BCUT2D eigenvalue weighted by Crippen LogP contribution is -2.10. The molecule has 2 rings (SSSR count). The monoisotopic (exact) mass is 279 g/mol. The van der Waals surface area contributed by atoms with Crippen LogP contribution in [-0.4, -0.2) is 17.1 Å². The van der Waals surface area contributed by atoms with Crippen molar-refractivity contribution in [3.63, 3.8) is 0 Å². The molecule has 2 aromatic rings. The fourth-order valence-corrected chi connectivity index (χ4v) is 1.85. The highest BCUT2D eigenvalue weighted by Crippen LogP contribution is 2.26. The Hall–Kier alpha value is -2.05. The van der Waals surface area contributed by atoms with Crippen LogP contribution in [-0.2, 0) is 6.54 Å². The lowest BCUT2D eigenvalue weighted by atomic mass is 10.2. The van der Waals surface area contributed by atoms with Gasteiger partial charge in [-0.3, -0.25) is 0 Å². The van der Waals surface area contributed by atoms with Gasteiger partial charge in [0.25, 0.3) is 0 Å². The molecule has 0 unspecified atom stereocenters. The summed E-state index contributed by atoms with van der Waals surface area (Å²) in [6.45, 7) is 0.490. The van der Waals surface area contributed by atoms with Crippen molar-refractivity contribution in [3.8, 4) is 5.75 Å². The van der Waals surface area contributed by atoms with E-state index in [-0.39, 0.29) is 0 Å². The second-order valence-corrected chi connectivity index (χ2v) is 4.11. The summed E-state index contributed by atoms with van der Waals surface area (Å²) in [5.41, 5.74) is 3.33. The summed E-state index contributed by atoms with van der Waals surface area (Å²) in [7, 11) is 1.61. The average Bonchev–Trinajstić information content (AvgIpc) is 2.46. The van der Waals surface area contributed by atoms with Crippen molar-refractivity contribution >= 4 is 23.2 Å². The van der Waals surface area contributed by atoms with E-state index in [1.807, 2.05) is 18.2 Å². The zero-order chi connectivity index (χ0) is 13.7. The highest BCUT2D eigenvalue weighted by Gasteiger charge is 2.07. The number of nitrogen functional groups attached to an aromatic ring is 1. The maximum atomic E-state index is 6.15. The van der Waals surface area contributed by atoms with Gasteiger partial charge >= 0.3 is 0 Å². The van der Waals surface area contributed by atoms with Crippen LogP contribution in [0.2, 0.25) is 5.02 Å². The number of nitrogens with zero attached hydrogens (tertiary/aromatic N) is 2. The number of anilines is 2. The number of methoxy groups -OCH3 is 1. The normalized spacial score (nSPS) is 10.1. The fraction of sp³-hybridized carbons (Fsp3) is 0.167. The molecule has 0 fully saturated rings. The molecule has 6 nitrogen and oxygen atoms in total. The van der Waals surface area contributed by atoms with Crippen molar-refractivity contribution in [1.82, 2.24) is 9.97 Å². The molecular formula is C12H14ClN5O. The highest BCUT2D eigenvalue weighted by atomic mass is 35.5. The third-order valence-electron chi connectivity index (χ3n) is 2.56. The number of halogens is 1. The van der Waals surface area contributed by atoms with Crippen LogP contribution < -0.4 is 21.3 Å². The van der Waals surface area contributed by atoms with Gasteiger partial charge in [-0.25, -0.2) is 15.8 Å². The standard InChI is InChI=1S/C12H14ClN5O/c1-19-10-4-2-3-9(13)8(10)6-15-11-5-12(18-14)17-7-16-11/h2-5,7H,6,14H2,1H3,(H2,15,16,17,18). The molecule has 1 aromatic heterocycles. The Morgan fingerprint density at radius 1 is 1.32 bits per heavy atom. The molecule has 0 aliphatic carbocycles. The minimum Gasteiger partial charge on any atom is -0.496 e. The first-order valence-corrected chi connectivity index (χ1v) is 5.96. The quantitative estimate of drug-likeness (QED) is 0.574. The molecule has 100 valence electrons. The van der Waals surface area contributed by atoms with Gasteiger partial charge < -0.3 is 15.5 Å². The summed E-state index contributed by atoms with van der Waals surface area (Å²) in [4.78, 5) is 8.01. The van der Waals surface area contributed by atoms with Gasteiger partial charge in [0.15, 0.2) is 0 Å². The predicted molar refractivity (Wildman–Crippen MR) is 75.2 cm³/mol. The first-order chi connectivity index (χ1) is 9.24. The maximum Gasteiger partial charge on any atom is 0.145 e. The van der Waals surface area contributed by atoms with Crippen molar-refractivity contribution in [1.29, 1.82) is 0 Å². The van der Waals surface area contributed by atoms with E-state index in [2.05, 4.69) is 20.7 Å². The second-order valence-electron chi connectivity index (χ2n) is 3.71. The number of rotatable bonds is 5. The van der Waals surface area contributed by atoms with E-state index < -0.39 is 0 Å². The largest absolute Gasteiger partial charge is 0.496 e.